The number of likely N-dealkylation sites (N-methyl/N-ethyl adjacent to an activating group) is 1. The molecule has 0 aliphatic carbocycles. The molecule has 0 aromatic rings. The standard InChI is InChI=1S/C28H55N3O5/c1-4-5-6-7-8-9-10-11-12-13-14-15-16-17-22-34-23-25-18-19-26(36-25)24-35-28(33)30-27(32)29-20-21-31(2)3/h25-26H,4-24H2,1-3H3,(H2,29,30,32,33). The Morgan fingerprint density at radius 2 is 1.33 bits per heavy atom. The molecule has 1 rings (SSSR count). The Labute approximate surface area is 220 Å². The van der Waals surface area contributed by atoms with E-state index in [-0.39, 0.29) is 18.8 Å². The lowest BCUT2D eigenvalue weighted by molar-refractivity contribution is -0.0341. The molecule has 1 aliphatic rings. The van der Waals surface area contributed by atoms with Crippen LogP contribution in [0.3, 0.4) is 0 Å². The van der Waals surface area contributed by atoms with Gasteiger partial charge in [0, 0.05) is 19.7 Å². The second-order valence-corrected chi connectivity index (χ2v) is 10.4. The van der Waals surface area contributed by atoms with Crippen molar-refractivity contribution in [2.75, 3.05) is 47.0 Å². The first-order valence-electron chi connectivity index (χ1n) is 14.6. The molecule has 0 bridgehead atoms. The van der Waals surface area contributed by atoms with Crippen LogP contribution in [-0.2, 0) is 14.2 Å². The number of nitrogens with one attached hydrogen (secondary N) is 2. The van der Waals surface area contributed by atoms with Crippen LogP contribution in [0.2, 0.25) is 0 Å². The molecule has 2 unspecified atom stereocenters. The fraction of sp³-hybridized carbons (Fsp3) is 0.929. The molecule has 8 nitrogen and oxygen atoms in total. The monoisotopic (exact) mass is 513 g/mol. The van der Waals surface area contributed by atoms with Crippen molar-refractivity contribution in [2.45, 2.75) is 122 Å². The zero-order valence-electron chi connectivity index (χ0n) is 23.5. The zero-order valence-corrected chi connectivity index (χ0v) is 23.5. The lowest BCUT2D eigenvalue weighted by atomic mass is 10.0. The highest BCUT2D eigenvalue weighted by molar-refractivity contribution is 5.90. The smallest absolute Gasteiger partial charge is 0.415 e. The van der Waals surface area contributed by atoms with Crippen LogP contribution in [0.25, 0.3) is 0 Å². The van der Waals surface area contributed by atoms with E-state index < -0.39 is 12.1 Å². The number of urea groups is 1. The van der Waals surface area contributed by atoms with E-state index in [1.54, 1.807) is 0 Å². The summed E-state index contributed by atoms with van der Waals surface area (Å²) < 4.78 is 16.8. The zero-order chi connectivity index (χ0) is 26.3. The number of amides is 3. The third-order valence-electron chi connectivity index (χ3n) is 6.60. The first kappa shape index (κ1) is 32.6. The Morgan fingerprint density at radius 3 is 1.89 bits per heavy atom. The third-order valence-corrected chi connectivity index (χ3v) is 6.60. The van der Waals surface area contributed by atoms with Gasteiger partial charge in [-0.2, -0.15) is 0 Å². The summed E-state index contributed by atoms with van der Waals surface area (Å²) in [5, 5.41) is 4.77. The summed E-state index contributed by atoms with van der Waals surface area (Å²) in [6.07, 6.45) is 19.9. The first-order chi connectivity index (χ1) is 17.5. The van der Waals surface area contributed by atoms with Crippen molar-refractivity contribution in [3.05, 3.63) is 0 Å². The summed E-state index contributed by atoms with van der Waals surface area (Å²) in [6.45, 7) is 4.95. The number of rotatable bonds is 22. The third kappa shape index (κ3) is 19.8. The van der Waals surface area contributed by atoms with Crippen LogP contribution in [0, 0.1) is 0 Å². The Balaban J connectivity index is 1.86. The maximum absolute atomic E-state index is 11.7. The minimum atomic E-state index is -0.751. The number of hydrogen-bond acceptors (Lipinski definition) is 6. The minimum absolute atomic E-state index is 0.0580. The van der Waals surface area contributed by atoms with Crippen molar-refractivity contribution in [3.8, 4) is 0 Å². The number of nitrogens with zero attached hydrogens (tertiary/aromatic N) is 1. The molecule has 1 aliphatic heterocycles. The number of ether oxygens (including phenoxy) is 3. The number of hydrogen-bond donors (Lipinski definition) is 2. The molecule has 0 aromatic carbocycles. The molecule has 0 aromatic heterocycles. The highest BCUT2D eigenvalue weighted by Gasteiger charge is 2.26. The minimum Gasteiger partial charge on any atom is -0.446 e. The van der Waals surface area contributed by atoms with Gasteiger partial charge in [-0.3, -0.25) is 0 Å². The fourth-order valence-electron chi connectivity index (χ4n) is 4.37. The molecular formula is C28H55N3O5. The van der Waals surface area contributed by atoms with Crippen molar-refractivity contribution in [1.29, 1.82) is 0 Å². The molecule has 1 heterocycles. The van der Waals surface area contributed by atoms with Crippen molar-refractivity contribution in [1.82, 2.24) is 15.5 Å². The van der Waals surface area contributed by atoms with Crippen LogP contribution in [0.15, 0.2) is 0 Å². The van der Waals surface area contributed by atoms with Gasteiger partial charge in [0.2, 0.25) is 0 Å². The molecule has 212 valence electrons. The quantitative estimate of drug-likeness (QED) is 0.172. The largest absolute Gasteiger partial charge is 0.446 e. The van der Waals surface area contributed by atoms with Gasteiger partial charge in [0.25, 0.3) is 0 Å². The van der Waals surface area contributed by atoms with E-state index in [4.69, 9.17) is 14.2 Å². The van der Waals surface area contributed by atoms with Crippen LogP contribution >= 0.6 is 0 Å². The van der Waals surface area contributed by atoms with E-state index in [1.165, 1.54) is 83.5 Å². The van der Waals surface area contributed by atoms with Gasteiger partial charge in [-0.15, -0.1) is 0 Å². The molecule has 36 heavy (non-hydrogen) atoms. The molecule has 0 saturated carbocycles. The normalized spacial score (nSPS) is 17.4. The van der Waals surface area contributed by atoms with Gasteiger partial charge >= 0.3 is 12.1 Å². The van der Waals surface area contributed by atoms with Crippen molar-refractivity contribution in [3.63, 3.8) is 0 Å². The summed E-state index contributed by atoms with van der Waals surface area (Å²) in [6, 6.07) is -0.552. The van der Waals surface area contributed by atoms with Crippen molar-refractivity contribution >= 4 is 12.1 Å². The van der Waals surface area contributed by atoms with E-state index in [0.717, 1.165) is 25.9 Å². The summed E-state index contributed by atoms with van der Waals surface area (Å²) >= 11 is 0. The number of imide groups is 1. The topological polar surface area (TPSA) is 89.1 Å². The average molecular weight is 514 g/mol. The fourth-order valence-corrected chi connectivity index (χ4v) is 4.37. The molecular weight excluding hydrogens is 458 g/mol. The number of carbonyl (C=O) groups excluding carboxylic acids is 2. The van der Waals surface area contributed by atoms with Crippen LogP contribution in [0.1, 0.15) is 110 Å². The first-order valence-corrected chi connectivity index (χ1v) is 14.6. The summed E-state index contributed by atoms with van der Waals surface area (Å²) in [5.74, 6) is 0. The van der Waals surface area contributed by atoms with Gasteiger partial charge in [-0.25, -0.2) is 14.9 Å². The molecule has 0 spiro atoms. The van der Waals surface area contributed by atoms with Gasteiger partial charge in [0.1, 0.15) is 6.61 Å². The SMILES string of the molecule is CCCCCCCCCCCCCCCCOCC1CCC(COC(=O)NC(=O)NCCN(C)C)O1. The maximum atomic E-state index is 11.7. The van der Waals surface area contributed by atoms with E-state index >= 15 is 0 Å². The van der Waals surface area contributed by atoms with E-state index in [9.17, 15) is 9.59 Å². The average Bonchev–Trinajstić information content (AvgIpc) is 3.30. The second kappa shape index (κ2) is 22.8. The molecule has 1 saturated heterocycles. The lowest BCUT2D eigenvalue weighted by Crippen LogP contribution is -2.42. The van der Waals surface area contributed by atoms with E-state index in [1.807, 2.05) is 19.0 Å². The number of unbranched alkanes of at least 4 members (excludes halogenated alkanes) is 13. The van der Waals surface area contributed by atoms with Gasteiger partial charge in [0.05, 0.1) is 18.8 Å². The molecule has 2 N–H and O–H groups in total. The lowest BCUT2D eigenvalue weighted by Gasteiger charge is -2.15. The molecule has 8 heteroatoms. The van der Waals surface area contributed by atoms with Gasteiger partial charge in [-0.1, -0.05) is 90.4 Å². The Kier molecular flexibility index (Phi) is 20.7. The Bertz CT molecular complexity index is 547. The van der Waals surface area contributed by atoms with Gasteiger partial charge < -0.3 is 24.4 Å². The highest BCUT2D eigenvalue weighted by atomic mass is 16.6. The van der Waals surface area contributed by atoms with Crippen molar-refractivity contribution < 1.29 is 23.8 Å². The van der Waals surface area contributed by atoms with Crippen LogP contribution < -0.4 is 10.6 Å². The van der Waals surface area contributed by atoms with Gasteiger partial charge in [0.15, 0.2) is 0 Å². The predicted molar refractivity (Wildman–Crippen MR) is 145 cm³/mol. The summed E-state index contributed by atoms with van der Waals surface area (Å²) in [4.78, 5) is 25.3. The summed E-state index contributed by atoms with van der Waals surface area (Å²) in [7, 11) is 3.82. The maximum Gasteiger partial charge on any atom is 0.415 e. The van der Waals surface area contributed by atoms with Crippen LogP contribution in [0.5, 0.6) is 0 Å². The Hall–Kier alpha value is -1.38. The summed E-state index contributed by atoms with van der Waals surface area (Å²) in [5.41, 5.74) is 0. The second-order valence-electron chi connectivity index (χ2n) is 10.4. The highest BCUT2D eigenvalue weighted by Crippen LogP contribution is 2.20. The molecule has 0 radical (unpaired) electrons. The number of alkyl carbamates (subject to hydrolysis) is 1. The van der Waals surface area contributed by atoms with Crippen LogP contribution in [-0.4, -0.2) is 76.2 Å². The molecule has 1 fully saturated rings. The van der Waals surface area contributed by atoms with Crippen molar-refractivity contribution in [2.24, 2.45) is 0 Å². The Morgan fingerprint density at radius 1 is 0.806 bits per heavy atom. The number of carbonyl (C=O) groups is 2. The van der Waals surface area contributed by atoms with Gasteiger partial charge in [-0.05, 0) is 33.4 Å². The predicted octanol–water partition coefficient (Wildman–Crippen LogP) is 6.03. The molecule has 2 atom stereocenters. The molecule has 3 amide bonds. The van der Waals surface area contributed by atoms with E-state index in [2.05, 4.69) is 17.6 Å². The van der Waals surface area contributed by atoms with Crippen LogP contribution in [0.4, 0.5) is 9.59 Å². The van der Waals surface area contributed by atoms with E-state index in [0.29, 0.717) is 19.7 Å².